The first-order chi connectivity index (χ1) is 9.54. The average Bonchev–Trinajstić information content (AvgIpc) is 2.46. The number of nitrogens with one attached hydrogen (secondary N) is 1. The van der Waals surface area contributed by atoms with E-state index in [1.807, 2.05) is 38.1 Å². The van der Waals surface area contributed by atoms with Crippen LogP contribution in [-0.2, 0) is 10.2 Å². The highest BCUT2D eigenvalue weighted by Gasteiger charge is 2.32. The number of para-hydroxylation sites is 1. The molecule has 0 aliphatic carbocycles. The van der Waals surface area contributed by atoms with E-state index in [0.29, 0.717) is 0 Å². The summed E-state index contributed by atoms with van der Waals surface area (Å²) in [4.78, 5) is 12.4. The summed E-state index contributed by atoms with van der Waals surface area (Å²) in [7, 11) is 1.64. The quantitative estimate of drug-likeness (QED) is 0.736. The maximum Gasteiger partial charge on any atom is 0.230 e. The number of benzene rings is 1. The zero-order chi connectivity index (χ0) is 15.0. The zero-order valence-electron chi connectivity index (χ0n) is 13.2. The number of methoxy groups -OCH3 is 1. The Balaban J connectivity index is 2.65. The van der Waals surface area contributed by atoms with Gasteiger partial charge >= 0.3 is 0 Å². The molecule has 0 heterocycles. The first kappa shape index (κ1) is 16.5. The molecule has 0 fully saturated rings. The van der Waals surface area contributed by atoms with Crippen LogP contribution in [0.25, 0.3) is 0 Å². The number of hydrogen-bond acceptors (Lipinski definition) is 2. The van der Waals surface area contributed by atoms with Gasteiger partial charge in [-0.25, -0.2) is 0 Å². The van der Waals surface area contributed by atoms with Crippen molar-refractivity contribution in [1.29, 1.82) is 0 Å². The van der Waals surface area contributed by atoms with Crippen molar-refractivity contribution in [2.24, 2.45) is 0 Å². The van der Waals surface area contributed by atoms with Crippen LogP contribution >= 0.6 is 0 Å². The molecule has 0 spiro atoms. The lowest BCUT2D eigenvalue weighted by molar-refractivity contribution is -0.125. The lowest BCUT2D eigenvalue weighted by atomic mass is 9.83. The zero-order valence-corrected chi connectivity index (χ0v) is 13.2. The Labute approximate surface area is 122 Å². The molecule has 0 aliphatic rings. The van der Waals surface area contributed by atoms with Crippen LogP contribution in [0.4, 0.5) is 0 Å². The third-order valence-corrected chi connectivity index (χ3v) is 3.66. The number of unbranched alkanes of at least 4 members (excludes halogenated alkanes) is 3. The van der Waals surface area contributed by atoms with Crippen LogP contribution in [0, 0.1) is 0 Å². The van der Waals surface area contributed by atoms with Gasteiger partial charge in [0.1, 0.15) is 5.75 Å². The summed E-state index contributed by atoms with van der Waals surface area (Å²) in [5.41, 5.74) is 0.339. The minimum atomic E-state index is -0.586. The number of carbonyl (C=O) groups is 1. The largest absolute Gasteiger partial charge is 0.496 e. The van der Waals surface area contributed by atoms with E-state index in [-0.39, 0.29) is 5.91 Å². The molecule has 1 N–H and O–H groups in total. The molecule has 0 radical (unpaired) electrons. The predicted octanol–water partition coefficient (Wildman–Crippen LogP) is 3.67. The minimum absolute atomic E-state index is 0.0542. The standard InChI is InChI=1S/C17H27NO2/c1-5-6-7-10-13-18-16(19)17(2,3)14-11-8-9-12-15(14)20-4/h8-9,11-12H,5-7,10,13H2,1-4H3,(H,18,19). The van der Waals surface area contributed by atoms with Crippen molar-refractivity contribution in [3.8, 4) is 5.75 Å². The van der Waals surface area contributed by atoms with E-state index in [1.165, 1.54) is 19.3 Å². The highest BCUT2D eigenvalue weighted by atomic mass is 16.5. The highest BCUT2D eigenvalue weighted by molar-refractivity contribution is 5.88. The molecular formula is C17H27NO2. The maximum absolute atomic E-state index is 12.4. The Morgan fingerprint density at radius 1 is 1.20 bits per heavy atom. The molecule has 1 rings (SSSR count). The van der Waals surface area contributed by atoms with Crippen LogP contribution in [0.15, 0.2) is 24.3 Å². The molecule has 0 aliphatic heterocycles. The van der Waals surface area contributed by atoms with Crippen molar-refractivity contribution in [3.05, 3.63) is 29.8 Å². The van der Waals surface area contributed by atoms with E-state index in [9.17, 15) is 4.79 Å². The number of rotatable bonds is 8. The van der Waals surface area contributed by atoms with E-state index in [0.717, 1.165) is 24.3 Å². The second kappa shape index (κ2) is 7.93. The van der Waals surface area contributed by atoms with Crippen molar-refractivity contribution in [2.45, 2.75) is 51.9 Å². The second-order valence-electron chi connectivity index (χ2n) is 5.64. The van der Waals surface area contributed by atoms with Crippen LogP contribution in [0.5, 0.6) is 5.75 Å². The van der Waals surface area contributed by atoms with E-state index in [2.05, 4.69) is 12.2 Å². The molecule has 0 atom stereocenters. The van der Waals surface area contributed by atoms with Gasteiger partial charge in [-0.3, -0.25) is 4.79 Å². The molecule has 20 heavy (non-hydrogen) atoms. The van der Waals surface area contributed by atoms with E-state index < -0.39 is 5.41 Å². The molecule has 0 saturated carbocycles. The molecule has 0 aromatic heterocycles. The first-order valence-corrected chi connectivity index (χ1v) is 7.45. The summed E-state index contributed by atoms with van der Waals surface area (Å²) in [6.45, 7) is 6.80. The van der Waals surface area contributed by atoms with Gasteiger partial charge in [-0.05, 0) is 26.3 Å². The third kappa shape index (κ3) is 4.26. The SMILES string of the molecule is CCCCCCNC(=O)C(C)(C)c1ccccc1OC. The van der Waals surface area contributed by atoms with Gasteiger partial charge in [0.2, 0.25) is 5.91 Å². The van der Waals surface area contributed by atoms with Gasteiger partial charge < -0.3 is 10.1 Å². The third-order valence-electron chi connectivity index (χ3n) is 3.66. The van der Waals surface area contributed by atoms with Gasteiger partial charge in [-0.2, -0.15) is 0 Å². The molecule has 0 saturated heterocycles. The molecule has 3 heteroatoms. The van der Waals surface area contributed by atoms with Gasteiger partial charge in [0, 0.05) is 12.1 Å². The minimum Gasteiger partial charge on any atom is -0.496 e. The van der Waals surface area contributed by atoms with Crippen LogP contribution in [-0.4, -0.2) is 19.6 Å². The summed E-state index contributed by atoms with van der Waals surface area (Å²) in [5.74, 6) is 0.817. The lowest BCUT2D eigenvalue weighted by Crippen LogP contribution is -2.40. The van der Waals surface area contributed by atoms with Crippen LogP contribution in [0.3, 0.4) is 0 Å². The molecule has 112 valence electrons. The molecule has 1 aromatic rings. The maximum atomic E-state index is 12.4. The summed E-state index contributed by atoms with van der Waals surface area (Å²) in [6, 6.07) is 7.70. The Morgan fingerprint density at radius 3 is 2.55 bits per heavy atom. The van der Waals surface area contributed by atoms with Crippen molar-refractivity contribution < 1.29 is 9.53 Å². The van der Waals surface area contributed by atoms with Crippen LogP contribution in [0.2, 0.25) is 0 Å². The van der Waals surface area contributed by atoms with Crippen molar-refractivity contribution >= 4 is 5.91 Å². The molecule has 0 unspecified atom stereocenters. The summed E-state index contributed by atoms with van der Waals surface area (Å²) >= 11 is 0. The van der Waals surface area contributed by atoms with Crippen LogP contribution in [0.1, 0.15) is 52.0 Å². The first-order valence-electron chi connectivity index (χ1n) is 7.45. The Kier molecular flexibility index (Phi) is 6.56. The normalized spacial score (nSPS) is 11.2. The van der Waals surface area contributed by atoms with Gasteiger partial charge in [-0.15, -0.1) is 0 Å². The van der Waals surface area contributed by atoms with Gasteiger partial charge in [-0.1, -0.05) is 44.4 Å². The fraction of sp³-hybridized carbons (Fsp3) is 0.588. The van der Waals surface area contributed by atoms with E-state index >= 15 is 0 Å². The van der Waals surface area contributed by atoms with E-state index in [4.69, 9.17) is 4.74 Å². The summed E-state index contributed by atoms with van der Waals surface area (Å²) in [5, 5.41) is 3.04. The predicted molar refractivity (Wildman–Crippen MR) is 83.2 cm³/mol. The van der Waals surface area contributed by atoms with Crippen molar-refractivity contribution in [1.82, 2.24) is 5.32 Å². The monoisotopic (exact) mass is 277 g/mol. The number of ether oxygens (including phenoxy) is 1. The summed E-state index contributed by atoms with van der Waals surface area (Å²) in [6.07, 6.45) is 4.65. The van der Waals surface area contributed by atoms with Gasteiger partial charge in [0.25, 0.3) is 0 Å². The average molecular weight is 277 g/mol. The summed E-state index contributed by atoms with van der Waals surface area (Å²) < 4.78 is 5.36. The van der Waals surface area contributed by atoms with Crippen LogP contribution < -0.4 is 10.1 Å². The van der Waals surface area contributed by atoms with Crippen molar-refractivity contribution in [3.63, 3.8) is 0 Å². The van der Waals surface area contributed by atoms with E-state index in [1.54, 1.807) is 7.11 Å². The molecule has 0 bridgehead atoms. The molecule has 3 nitrogen and oxygen atoms in total. The number of hydrogen-bond donors (Lipinski definition) is 1. The lowest BCUT2D eigenvalue weighted by Gasteiger charge is -2.26. The Bertz CT molecular complexity index is 427. The number of amides is 1. The fourth-order valence-corrected chi connectivity index (χ4v) is 2.26. The van der Waals surface area contributed by atoms with Gasteiger partial charge in [0.05, 0.1) is 12.5 Å². The number of carbonyl (C=O) groups excluding carboxylic acids is 1. The van der Waals surface area contributed by atoms with Crippen molar-refractivity contribution in [2.75, 3.05) is 13.7 Å². The smallest absolute Gasteiger partial charge is 0.230 e. The molecule has 1 aromatic carbocycles. The fourth-order valence-electron chi connectivity index (χ4n) is 2.26. The highest BCUT2D eigenvalue weighted by Crippen LogP contribution is 2.31. The Hall–Kier alpha value is -1.51. The van der Waals surface area contributed by atoms with Gasteiger partial charge in [0.15, 0.2) is 0 Å². The molecule has 1 amide bonds. The Morgan fingerprint density at radius 2 is 1.90 bits per heavy atom. The topological polar surface area (TPSA) is 38.3 Å². The molecular weight excluding hydrogens is 250 g/mol. The second-order valence-corrected chi connectivity index (χ2v) is 5.64.